The predicted octanol–water partition coefficient (Wildman–Crippen LogP) is 4.41. The van der Waals surface area contributed by atoms with Crippen LogP contribution >= 0.6 is 15.9 Å². The van der Waals surface area contributed by atoms with Gasteiger partial charge < -0.3 is 5.32 Å². The Morgan fingerprint density at radius 3 is 2.61 bits per heavy atom. The van der Waals surface area contributed by atoms with E-state index in [9.17, 15) is 10.1 Å². The van der Waals surface area contributed by atoms with E-state index in [-0.39, 0.29) is 10.6 Å². The highest BCUT2D eigenvalue weighted by Crippen LogP contribution is 2.35. The molecule has 1 aromatic rings. The molecular weight excluding hydrogens is 296 g/mol. The smallest absolute Gasteiger partial charge is 0.293 e. The molecule has 0 unspecified atom stereocenters. The molecule has 0 radical (unpaired) electrons. The van der Waals surface area contributed by atoms with Crippen molar-refractivity contribution >= 4 is 27.3 Å². The van der Waals surface area contributed by atoms with Crippen LogP contribution in [0.15, 0.2) is 16.6 Å². The molecule has 0 bridgehead atoms. The summed E-state index contributed by atoms with van der Waals surface area (Å²) in [7, 11) is 0. The van der Waals surface area contributed by atoms with Gasteiger partial charge in [0.15, 0.2) is 0 Å². The second-order valence-corrected chi connectivity index (χ2v) is 5.73. The second-order valence-electron chi connectivity index (χ2n) is 4.88. The molecule has 1 saturated carbocycles. The first-order chi connectivity index (χ1) is 8.58. The average Bonchev–Trinajstić information content (AvgIpc) is 2.33. The zero-order chi connectivity index (χ0) is 13.1. The summed E-state index contributed by atoms with van der Waals surface area (Å²) in [4.78, 5) is 10.8. The van der Waals surface area contributed by atoms with Crippen molar-refractivity contribution in [2.45, 2.75) is 45.1 Å². The van der Waals surface area contributed by atoms with E-state index in [0.29, 0.717) is 11.7 Å². The van der Waals surface area contributed by atoms with Gasteiger partial charge in [-0.15, -0.1) is 0 Å². The predicted molar refractivity (Wildman–Crippen MR) is 76.0 cm³/mol. The van der Waals surface area contributed by atoms with Crippen molar-refractivity contribution in [3.05, 3.63) is 32.3 Å². The molecule has 1 aliphatic rings. The lowest BCUT2D eigenvalue weighted by Gasteiger charge is -2.24. The van der Waals surface area contributed by atoms with Gasteiger partial charge in [-0.3, -0.25) is 10.1 Å². The third kappa shape index (κ3) is 3.02. The molecule has 1 N–H and O–H groups in total. The van der Waals surface area contributed by atoms with Gasteiger partial charge in [0.25, 0.3) is 5.69 Å². The first-order valence-electron chi connectivity index (χ1n) is 6.29. The van der Waals surface area contributed by atoms with Crippen molar-refractivity contribution < 1.29 is 4.92 Å². The first-order valence-corrected chi connectivity index (χ1v) is 7.08. The van der Waals surface area contributed by atoms with Gasteiger partial charge in [-0.25, -0.2) is 0 Å². The number of nitro benzene ring substituents is 1. The van der Waals surface area contributed by atoms with Crippen molar-refractivity contribution in [2.75, 3.05) is 5.32 Å². The minimum absolute atomic E-state index is 0.160. The van der Waals surface area contributed by atoms with Gasteiger partial charge in [0, 0.05) is 16.6 Å². The Morgan fingerprint density at radius 1 is 1.33 bits per heavy atom. The zero-order valence-electron chi connectivity index (χ0n) is 10.4. The largest absolute Gasteiger partial charge is 0.376 e. The molecule has 1 fully saturated rings. The Morgan fingerprint density at radius 2 is 2.00 bits per heavy atom. The molecule has 0 aliphatic heterocycles. The quantitative estimate of drug-likeness (QED) is 0.664. The fourth-order valence-corrected chi connectivity index (χ4v) is 3.14. The van der Waals surface area contributed by atoms with Crippen molar-refractivity contribution in [3.63, 3.8) is 0 Å². The Balaban J connectivity index is 2.27. The third-order valence-electron chi connectivity index (χ3n) is 3.36. The molecule has 4 nitrogen and oxygen atoms in total. The van der Waals surface area contributed by atoms with Crippen LogP contribution in [-0.2, 0) is 0 Å². The van der Waals surface area contributed by atoms with Gasteiger partial charge in [0.05, 0.1) is 4.92 Å². The van der Waals surface area contributed by atoms with Crippen molar-refractivity contribution in [2.24, 2.45) is 0 Å². The Labute approximate surface area is 115 Å². The van der Waals surface area contributed by atoms with Crippen molar-refractivity contribution in [1.82, 2.24) is 0 Å². The normalized spacial score (nSPS) is 16.6. The Bertz CT molecular complexity index is 457. The van der Waals surface area contributed by atoms with Gasteiger partial charge >= 0.3 is 0 Å². The Hall–Kier alpha value is -1.10. The number of benzene rings is 1. The number of nitrogens with zero attached hydrogens (tertiary/aromatic N) is 1. The average molecular weight is 313 g/mol. The number of nitrogens with one attached hydrogen (secondary N) is 1. The lowest BCUT2D eigenvalue weighted by atomic mass is 9.95. The highest BCUT2D eigenvalue weighted by Gasteiger charge is 2.21. The molecule has 0 spiro atoms. The Kier molecular flexibility index (Phi) is 4.22. The molecular formula is C13H17BrN2O2. The topological polar surface area (TPSA) is 55.2 Å². The van der Waals surface area contributed by atoms with E-state index in [1.54, 1.807) is 6.07 Å². The number of hydrogen-bond acceptors (Lipinski definition) is 3. The van der Waals surface area contributed by atoms with Crippen molar-refractivity contribution in [3.8, 4) is 0 Å². The fraction of sp³-hybridized carbons (Fsp3) is 0.538. The molecule has 18 heavy (non-hydrogen) atoms. The van der Waals surface area contributed by atoms with E-state index in [1.807, 2.05) is 13.0 Å². The lowest BCUT2D eigenvalue weighted by Crippen LogP contribution is -2.23. The second kappa shape index (κ2) is 5.69. The van der Waals surface area contributed by atoms with Crippen molar-refractivity contribution in [1.29, 1.82) is 0 Å². The summed E-state index contributed by atoms with van der Waals surface area (Å²) in [6.45, 7) is 1.86. The summed E-state index contributed by atoms with van der Waals surface area (Å²) in [5.74, 6) is 0. The number of rotatable bonds is 3. The molecule has 1 aromatic carbocycles. The van der Waals surface area contributed by atoms with Crippen LogP contribution in [0.5, 0.6) is 0 Å². The maximum atomic E-state index is 11.1. The van der Waals surface area contributed by atoms with Crippen LogP contribution in [0.1, 0.15) is 37.7 Å². The van der Waals surface area contributed by atoms with E-state index in [2.05, 4.69) is 21.2 Å². The van der Waals surface area contributed by atoms with Crippen LogP contribution < -0.4 is 5.32 Å². The van der Waals surface area contributed by atoms with E-state index < -0.39 is 0 Å². The molecule has 0 heterocycles. The SMILES string of the molecule is Cc1cc(Br)c(NC2CCCCC2)c([N+](=O)[O-])c1. The molecule has 98 valence electrons. The number of anilines is 1. The first kappa shape index (κ1) is 13.3. The monoisotopic (exact) mass is 312 g/mol. The van der Waals surface area contributed by atoms with Crippen LogP contribution in [0.4, 0.5) is 11.4 Å². The summed E-state index contributed by atoms with van der Waals surface area (Å²) in [5.41, 5.74) is 1.67. The summed E-state index contributed by atoms with van der Waals surface area (Å²) in [6, 6.07) is 3.89. The van der Waals surface area contributed by atoms with Crippen LogP contribution in [0.3, 0.4) is 0 Å². The van der Waals surface area contributed by atoms with Gasteiger partial charge in [-0.1, -0.05) is 19.3 Å². The van der Waals surface area contributed by atoms with Gasteiger partial charge in [0.1, 0.15) is 5.69 Å². The van der Waals surface area contributed by atoms with E-state index in [0.717, 1.165) is 22.9 Å². The maximum absolute atomic E-state index is 11.1. The highest BCUT2D eigenvalue weighted by atomic mass is 79.9. The summed E-state index contributed by atoms with van der Waals surface area (Å²) >= 11 is 3.43. The molecule has 0 aromatic heterocycles. The van der Waals surface area contributed by atoms with Crippen LogP contribution in [0.25, 0.3) is 0 Å². The van der Waals surface area contributed by atoms with Crippen LogP contribution in [-0.4, -0.2) is 11.0 Å². The van der Waals surface area contributed by atoms with Gasteiger partial charge in [0.2, 0.25) is 0 Å². The molecule has 0 saturated heterocycles. The molecule has 0 amide bonds. The zero-order valence-corrected chi connectivity index (χ0v) is 12.0. The van der Waals surface area contributed by atoms with E-state index in [1.165, 1.54) is 19.3 Å². The summed E-state index contributed by atoms with van der Waals surface area (Å²) < 4.78 is 0.778. The van der Waals surface area contributed by atoms with E-state index in [4.69, 9.17) is 0 Å². The molecule has 5 heteroatoms. The number of nitro groups is 1. The minimum Gasteiger partial charge on any atom is -0.376 e. The fourth-order valence-electron chi connectivity index (χ4n) is 2.46. The third-order valence-corrected chi connectivity index (χ3v) is 3.99. The number of aryl methyl sites for hydroxylation is 1. The minimum atomic E-state index is -0.317. The number of hydrogen-bond donors (Lipinski definition) is 1. The summed E-state index contributed by atoms with van der Waals surface area (Å²) in [5, 5.41) is 14.5. The van der Waals surface area contributed by atoms with Gasteiger partial charge in [-0.2, -0.15) is 0 Å². The molecule has 1 aliphatic carbocycles. The highest BCUT2D eigenvalue weighted by molar-refractivity contribution is 9.10. The standard InChI is InChI=1S/C13H17BrN2O2/c1-9-7-11(14)13(12(8-9)16(17)18)15-10-5-3-2-4-6-10/h7-8,10,15H,2-6H2,1H3. The van der Waals surface area contributed by atoms with Crippen LogP contribution in [0, 0.1) is 17.0 Å². The van der Waals surface area contributed by atoms with E-state index >= 15 is 0 Å². The summed E-state index contributed by atoms with van der Waals surface area (Å²) in [6.07, 6.45) is 5.87. The van der Waals surface area contributed by atoms with Crippen LogP contribution in [0.2, 0.25) is 0 Å². The van der Waals surface area contributed by atoms with Gasteiger partial charge in [-0.05, 0) is 47.3 Å². The number of halogens is 1. The molecule has 0 atom stereocenters. The maximum Gasteiger partial charge on any atom is 0.293 e. The lowest BCUT2D eigenvalue weighted by molar-refractivity contribution is -0.384. The molecule has 2 rings (SSSR count).